The molecule has 2 aromatic rings. The van der Waals surface area contributed by atoms with Crippen LogP contribution in [0.2, 0.25) is 0 Å². The van der Waals surface area contributed by atoms with Crippen LogP contribution in [0.5, 0.6) is 0 Å². The molecule has 1 saturated heterocycles. The molecule has 5 heteroatoms. The maximum absolute atomic E-state index is 12.6. The predicted octanol–water partition coefficient (Wildman–Crippen LogP) is 3.27. The zero-order valence-electron chi connectivity index (χ0n) is 13.6. The quantitative estimate of drug-likeness (QED) is 0.944. The van der Waals surface area contributed by atoms with Gasteiger partial charge in [-0.3, -0.25) is 4.79 Å². The van der Waals surface area contributed by atoms with Gasteiger partial charge in [-0.15, -0.1) is 0 Å². The Morgan fingerprint density at radius 2 is 1.87 bits per heavy atom. The van der Waals surface area contributed by atoms with Gasteiger partial charge in [-0.05, 0) is 51.3 Å². The highest BCUT2D eigenvalue weighted by Crippen LogP contribution is 2.25. The Morgan fingerprint density at radius 3 is 2.48 bits per heavy atom. The topological polar surface area (TPSA) is 62.5 Å². The van der Waals surface area contributed by atoms with Gasteiger partial charge in [0.2, 0.25) is 5.43 Å². The molecule has 23 heavy (non-hydrogen) atoms. The minimum Gasteiger partial charge on any atom is -0.477 e. The molecule has 1 aromatic heterocycles. The lowest BCUT2D eigenvalue weighted by atomic mass is 10.1. The van der Waals surface area contributed by atoms with E-state index < -0.39 is 11.4 Å². The first kappa shape index (κ1) is 15.6. The Balaban J connectivity index is 2.22. The number of aromatic nitrogens is 1. The normalized spacial score (nSPS) is 15.3. The fourth-order valence-corrected chi connectivity index (χ4v) is 3.27. The molecule has 0 unspecified atom stereocenters. The molecule has 0 amide bonds. The van der Waals surface area contributed by atoms with E-state index in [1.54, 1.807) is 0 Å². The second kappa shape index (κ2) is 6.07. The van der Waals surface area contributed by atoms with Crippen LogP contribution in [0, 0.1) is 0 Å². The molecule has 0 atom stereocenters. The van der Waals surface area contributed by atoms with Crippen molar-refractivity contribution in [1.29, 1.82) is 0 Å². The van der Waals surface area contributed by atoms with E-state index in [0.717, 1.165) is 37.1 Å². The van der Waals surface area contributed by atoms with Crippen molar-refractivity contribution in [2.45, 2.75) is 39.2 Å². The fourth-order valence-electron chi connectivity index (χ4n) is 3.27. The SMILES string of the molecule is CC(C)n1cc(C(=O)O)c(=O)c2cc(N3CCCCC3)ccc21. The molecule has 2 heterocycles. The summed E-state index contributed by atoms with van der Waals surface area (Å²) in [6, 6.07) is 5.91. The van der Waals surface area contributed by atoms with E-state index in [-0.39, 0.29) is 11.6 Å². The first-order chi connectivity index (χ1) is 11.0. The second-order valence-corrected chi connectivity index (χ2v) is 6.43. The van der Waals surface area contributed by atoms with Crippen molar-refractivity contribution in [1.82, 2.24) is 4.57 Å². The third-order valence-corrected chi connectivity index (χ3v) is 4.52. The Bertz CT molecular complexity index is 802. The number of benzene rings is 1. The van der Waals surface area contributed by atoms with Gasteiger partial charge in [0.05, 0.1) is 5.52 Å². The zero-order valence-corrected chi connectivity index (χ0v) is 13.6. The van der Waals surface area contributed by atoms with Gasteiger partial charge in [0.1, 0.15) is 5.56 Å². The summed E-state index contributed by atoms with van der Waals surface area (Å²) in [7, 11) is 0. The highest BCUT2D eigenvalue weighted by molar-refractivity contribution is 5.93. The third kappa shape index (κ3) is 2.83. The molecular formula is C18H22N2O3. The number of anilines is 1. The van der Waals surface area contributed by atoms with E-state index in [1.807, 2.05) is 36.6 Å². The lowest BCUT2D eigenvalue weighted by Gasteiger charge is -2.29. The van der Waals surface area contributed by atoms with Gasteiger partial charge in [-0.2, -0.15) is 0 Å². The van der Waals surface area contributed by atoms with E-state index in [0.29, 0.717) is 5.39 Å². The number of pyridine rings is 1. The Kier molecular flexibility index (Phi) is 4.11. The van der Waals surface area contributed by atoms with Crippen molar-refractivity contribution in [3.63, 3.8) is 0 Å². The summed E-state index contributed by atoms with van der Waals surface area (Å²) in [5.41, 5.74) is 1.23. The molecule has 0 saturated carbocycles. The molecule has 3 rings (SSSR count). The minimum absolute atomic E-state index is 0.0806. The van der Waals surface area contributed by atoms with E-state index in [4.69, 9.17) is 0 Å². The molecule has 1 N–H and O–H groups in total. The highest BCUT2D eigenvalue weighted by Gasteiger charge is 2.18. The smallest absolute Gasteiger partial charge is 0.341 e. The van der Waals surface area contributed by atoms with Crippen LogP contribution in [0.25, 0.3) is 10.9 Å². The summed E-state index contributed by atoms with van der Waals surface area (Å²) in [6.45, 7) is 5.94. The standard InChI is InChI=1S/C18H22N2O3/c1-12(2)20-11-15(18(22)23)17(21)14-10-13(6-7-16(14)20)19-8-4-3-5-9-19/h6-7,10-12H,3-5,8-9H2,1-2H3,(H,22,23). The van der Waals surface area contributed by atoms with Crippen LogP contribution < -0.4 is 10.3 Å². The number of rotatable bonds is 3. The summed E-state index contributed by atoms with van der Waals surface area (Å²) in [5.74, 6) is -1.17. The van der Waals surface area contributed by atoms with Crippen molar-refractivity contribution in [2.24, 2.45) is 0 Å². The van der Waals surface area contributed by atoms with E-state index >= 15 is 0 Å². The molecule has 0 spiro atoms. The zero-order chi connectivity index (χ0) is 16.6. The maximum Gasteiger partial charge on any atom is 0.341 e. The van der Waals surface area contributed by atoms with Crippen LogP contribution >= 0.6 is 0 Å². The van der Waals surface area contributed by atoms with Crippen LogP contribution in [-0.2, 0) is 0 Å². The van der Waals surface area contributed by atoms with Gasteiger partial charge in [-0.25, -0.2) is 4.79 Å². The molecule has 0 bridgehead atoms. The molecule has 1 aliphatic heterocycles. The number of hydrogen-bond acceptors (Lipinski definition) is 3. The number of hydrogen-bond donors (Lipinski definition) is 1. The predicted molar refractivity (Wildman–Crippen MR) is 91.6 cm³/mol. The monoisotopic (exact) mass is 314 g/mol. The first-order valence-electron chi connectivity index (χ1n) is 8.16. The minimum atomic E-state index is -1.17. The first-order valence-corrected chi connectivity index (χ1v) is 8.16. The molecule has 122 valence electrons. The molecular weight excluding hydrogens is 292 g/mol. The summed E-state index contributed by atoms with van der Waals surface area (Å²) < 4.78 is 1.86. The summed E-state index contributed by atoms with van der Waals surface area (Å²) in [5, 5.41) is 9.81. The third-order valence-electron chi connectivity index (χ3n) is 4.52. The van der Waals surface area contributed by atoms with Crippen molar-refractivity contribution in [3.8, 4) is 0 Å². The van der Waals surface area contributed by atoms with Crippen LogP contribution in [0.3, 0.4) is 0 Å². The van der Waals surface area contributed by atoms with E-state index in [1.165, 1.54) is 12.6 Å². The molecule has 0 radical (unpaired) electrons. The van der Waals surface area contributed by atoms with E-state index in [2.05, 4.69) is 4.90 Å². The van der Waals surface area contributed by atoms with Crippen molar-refractivity contribution >= 4 is 22.6 Å². The number of carboxylic acids is 1. The average Bonchev–Trinajstić information content (AvgIpc) is 2.55. The molecule has 5 nitrogen and oxygen atoms in total. The van der Waals surface area contributed by atoms with Gasteiger partial charge >= 0.3 is 5.97 Å². The van der Waals surface area contributed by atoms with Crippen LogP contribution in [0.15, 0.2) is 29.2 Å². The van der Waals surface area contributed by atoms with Gasteiger partial charge in [0.15, 0.2) is 0 Å². The second-order valence-electron chi connectivity index (χ2n) is 6.43. The number of fused-ring (bicyclic) bond motifs is 1. The number of carboxylic acid groups (broad SMARTS) is 1. The maximum atomic E-state index is 12.6. The van der Waals surface area contributed by atoms with Gasteiger partial charge in [0, 0.05) is 36.4 Å². The van der Waals surface area contributed by atoms with Crippen LogP contribution in [0.4, 0.5) is 5.69 Å². The van der Waals surface area contributed by atoms with Crippen molar-refractivity contribution in [3.05, 3.63) is 40.2 Å². The number of carbonyl (C=O) groups is 1. The number of aromatic carboxylic acids is 1. The summed E-state index contributed by atoms with van der Waals surface area (Å²) in [6.07, 6.45) is 5.01. The van der Waals surface area contributed by atoms with Gasteiger partial charge in [-0.1, -0.05) is 0 Å². The molecule has 1 aromatic carbocycles. The van der Waals surface area contributed by atoms with Crippen LogP contribution in [0.1, 0.15) is 49.5 Å². The Morgan fingerprint density at radius 1 is 1.17 bits per heavy atom. The van der Waals surface area contributed by atoms with Crippen LogP contribution in [-0.4, -0.2) is 28.7 Å². The summed E-state index contributed by atoms with van der Waals surface area (Å²) >= 11 is 0. The Labute approximate surface area is 135 Å². The molecule has 1 fully saturated rings. The molecule has 0 aliphatic carbocycles. The van der Waals surface area contributed by atoms with Gasteiger partial charge < -0.3 is 14.6 Å². The fraction of sp³-hybridized carbons (Fsp3) is 0.444. The average molecular weight is 314 g/mol. The summed E-state index contributed by atoms with van der Waals surface area (Å²) in [4.78, 5) is 26.2. The lowest BCUT2D eigenvalue weighted by Crippen LogP contribution is -2.29. The van der Waals surface area contributed by atoms with E-state index in [9.17, 15) is 14.7 Å². The number of nitrogens with zero attached hydrogens (tertiary/aromatic N) is 2. The molecule has 1 aliphatic rings. The van der Waals surface area contributed by atoms with Crippen molar-refractivity contribution < 1.29 is 9.90 Å². The Hall–Kier alpha value is -2.30. The van der Waals surface area contributed by atoms with Crippen molar-refractivity contribution in [2.75, 3.05) is 18.0 Å². The largest absolute Gasteiger partial charge is 0.477 e. The number of piperidine rings is 1. The highest BCUT2D eigenvalue weighted by atomic mass is 16.4. The lowest BCUT2D eigenvalue weighted by molar-refractivity contribution is 0.0695. The van der Waals surface area contributed by atoms with Gasteiger partial charge in [0.25, 0.3) is 0 Å².